The Morgan fingerprint density at radius 1 is 1.44 bits per heavy atom. The van der Waals surface area contributed by atoms with E-state index in [9.17, 15) is 10.1 Å². The normalized spacial score (nSPS) is 9.78. The molecule has 0 aliphatic carbocycles. The van der Waals surface area contributed by atoms with Crippen molar-refractivity contribution in [2.45, 2.75) is 0 Å². The van der Waals surface area contributed by atoms with Gasteiger partial charge in [0.15, 0.2) is 0 Å². The molecule has 0 saturated heterocycles. The van der Waals surface area contributed by atoms with Crippen LogP contribution in [0.3, 0.4) is 0 Å². The van der Waals surface area contributed by atoms with Gasteiger partial charge in [0, 0.05) is 12.3 Å². The van der Waals surface area contributed by atoms with Gasteiger partial charge in [0.2, 0.25) is 0 Å². The summed E-state index contributed by atoms with van der Waals surface area (Å²) in [6.45, 7) is 0. The van der Waals surface area contributed by atoms with Crippen LogP contribution in [0.5, 0.6) is 5.75 Å². The highest BCUT2D eigenvalue weighted by molar-refractivity contribution is 5.55. The number of rotatable bonds is 3. The van der Waals surface area contributed by atoms with Crippen molar-refractivity contribution < 1.29 is 9.66 Å². The number of nitro groups is 1. The number of nitriles is 1. The topological polar surface area (TPSA) is 81.1 Å². The van der Waals surface area contributed by atoms with E-state index in [4.69, 9.17) is 10.00 Å². The second kappa shape index (κ2) is 4.59. The third-order valence-electron chi connectivity index (χ3n) is 2.50. The molecule has 0 amide bonds. The number of hydrogen-bond donors (Lipinski definition) is 0. The van der Waals surface area contributed by atoms with Gasteiger partial charge in [-0.1, -0.05) is 0 Å². The maximum Gasteiger partial charge on any atom is 0.273 e. The summed E-state index contributed by atoms with van der Waals surface area (Å²) in [6, 6.07) is 9.67. The lowest BCUT2D eigenvalue weighted by Crippen LogP contribution is -2.00. The maximum atomic E-state index is 10.7. The van der Waals surface area contributed by atoms with E-state index in [-0.39, 0.29) is 5.69 Å². The first kappa shape index (κ1) is 11.7. The average molecular weight is 243 g/mol. The van der Waals surface area contributed by atoms with Crippen molar-refractivity contribution in [2.24, 2.45) is 0 Å². The minimum atomic E-state index is -0.493. The molecule has 0 N–H and O–H groups in total. The van der Waals surface area contributed by atoms with Crippen LogP contribution in [0.25, 0.3) is 5.69 Å². The summed E-state index contributed by atoms with van der Waals surface area (Å²) in [5, 5.41) is 19.6. The number of methoxy groups -OCH3 is 1. The number of ether oxygens (including phenoxy) is 1. The van der Waals surface area contributed by atoms with Crippen molar-refractivity contribution in [1.29, 1.82) is 5.26 Å². The molecule has 18 heavy (non-hydrogen) atoms. The van der Waals surface area contributed by atoms with Gasteiger partial charge >= 0.3 is 0 Å². The second-order valence-electron chi connectivity index (χ2n) is 3.49. The first-order valence-corrected chi connectivity index (χ1v) is 5.07. The summed E-state index contributed by atoms with van der Waals surface area (Å²) in [7, 11) is 1.43. The van der Waals surface area contributed by atoms with E-state index >= 15 is 0 Å². The van der Waals surface area contributed by atoms with E-state index in [1.54, 1.807) is 29.0 Å². The number of aromatic nitrogens is 1. The van der Waals surface area contributed by atoms with Gasteiger partial charge in [-0.25, -0.2) is 0 Å². The molecule has 0 aliphatic heterocycles. The minimum absolute atomic E-state index is 0.0544. The quantitative estimate of drug-likeness (QED) is 0.611. The summed E-state index contributed by atoms with van der Waals surface area (Å²) in [5.41, 5.74) is 0.966. The monoisotopic (exact) mass is 243 g/mol. The number of non-ortho nitro benzene ring substituents is 1. The highest BCUT2D eigenvalue weighted by atomic mass is 16.6. The Morgan fingerprint density at radius 2 is 2.22 bits per heavy atom. The van der Waals surface area contributed by atoms with E-state index in [2.05, 4.69) is 0 Å². The predicted octanol–water partition coefficient (Wildman–Crippen LogP) is 2.27. The molecule has 6 heteroatoms. The Balaban J connectivity index is 2.59. The summed E-state index contributed by atoms with van der Waals surface area (Å²) in [4.78, 5) is 10.2. The van der Waals surface area contributed by atoms with Gasteiger partial charge in [-0.05, 0) is 18.2 Å². The summed E-state index contributed by atoms with van der Waals surface area (Å²) in [5.74, 6) is 0.344. The summed E-state index contributed by atoms with van der Waals surface area (Å²) in [6.07, 6.45) is 1.70. The molecule has 0 unspecified atom stereocenters. The second-order valence-corrected chi connectivity index (χ2v) is 3.49. The first-order chi connectivity index (χ1) is 8.67. The summed E-state index contributed by atoms with van der Waals surface area (Å²) < 4.78 is 6.74. The average Bonchev–Trinajstić information content (AvgIpc) is 2.85. The van der Waals surface area contributed by atoms with E-state index < -0.39 is 4.92 Å². The van der Waals surface area contributed by atoms with Crippen LogP contribution in [-0.4, -0.2) is 16.6 Å². The van der Waals surface area contributed by atoms with Gasteiger partial charge in [0.25, 0.3) is 5.69 Å². The van der Waals surface area contributed by atoms with E-state index in [0.29, 0.717) is 17.1 Å². The van der Waals surface area contributed by atoms with Gasteiger partial charge in [0.05, 0.1) is 23.8 Å². The van der Waals surface area contributed by atoms with Gasteiger partial charge in [-0.2, -0.15) is 5.26 Å². The van der Waals surface area contributed by atoms with Crippen LogP contribution in [0, 0.1) is 21.4 Å². The Hall–Kier alpha value is -2.81. The van der Waals surface area contributed by atoms with Crippen molar-refractivity contribution in [1.82, 2.24) is 4.57 Å². The molecule has 1 heterocycles. The number of benzene rings is 1. The lowest BCUT2D eigenvalue weighted by molar-refractivity contribution is -0.384. The van der Waals surface area contributed by atoms with Crippen LogP contribution in [0.2, 0.25) is 0 Å². The predicted molar refractivity (Wildman–Crippen MR) is 63.7 cm³/mol. The molecule has 0 bridgehead atoms. The van der Waals surface area contributed by atoms with Crippen molar-refractivity contribution in [3.63, 3.8) is 0 Å². The molecule has 1 aromatic carbocycles. The van der Waals surface area contributed by atoms with Crippen LogP contribution in [0.1, 0.15) is 5.69 Å². The Bertz CT molecular complexity index is 640. The lowest BCUT2D eigenvalue weighted by atomic mass is 10.2. The molecule has 6 nitrogen and oxygen atoms in total. The Labute approximate surface area is 103 Å². The number of hydrogen-bond acceptors (Lipinski definition) is 4. The smallest absolute Gasteiger partial charge is 0.273 e. The zero-order valence-electron chi connectivity index (χ0n) is 9.53. The third kappa shape index (κ3) is 1.89. The Morgan fingerprint density at radius 3 is 2.83 bits per heavy atom. The van der Waals surface area contributed by atoms with Crippen LogP contribution >= 0.6 is 0 Å². The van der Waals surface area contributed by atoms with E-state index in [1.165, 1.54) is 19.2 Å². The zero-order chi connectivity index (χ0) is 13.1. The van der Waals surface area contributed by atoms with E-state index in [1.807, 2.05) is 6.07 Å². The van der Waals surface area contributed by atoms with Crippen molar-refractivity contribution >= 4 is 5.69 Å². The highest BCUT2D eigenvalue weighted by Gasteiger charge is 2.13. The largest absolute Gasteiger partial charge is 0.494 e. The van der Waals surface area contributed by atoms with Gasteiger partial charge in [-0.3, -0.25) is 10.1 Å². The molecule has 0 aliphatic rings. The molecule has 0 saturated carbocycles. The number of nitrogens with zero attached hydrogens (tertiary/aromatic N) is 3. The fraction of sp³-hybridized carbons (Fsp3) is 0.0833. The zero-order valence-corrected chi connectivity index (χ0v) is 9.53. The van der Waals surface area contributed by atoms with Crippen LogP contribution < -0.4 is 4.74 Å². The minimum Gasteiger partial charge on any atom is -0.494 e. The van der Waals surface area contributed by atoms with Gasteiger partial charge < -0.3 is 9.30 Å². The van der Waals surface area contributed by atoms with Crippen molar-refractivity contribution in [3.8, 4) is 17.5 Å². The molecule has 90 valence electrons. The molecular weight excluding hydrogens is 234 g/mol. The lowest BCUT2D eigenvalue weighted by Gasteiger charge is -2.10. The highest BCUT2D eigenvalue weighted by Crippen LogP contribution is 2.28. The molecule has 2 rings (SSSR count). The van der Waals surface area contributed by atoms with Crippen molar-refractivity contribution in [2.75, 3.05) is 7.11 Å². The Kier molecular flexibility index (Phi) is 2.98. The molecule has 2 aromatic rings. The SMILES string of the molecule is COc1cc([N+](=O)[O-])ccc1-n1cccc1C#N. The first-order valence-electron chi connectivity index (χ1n) is 5.07. The van der Waals surface area contributed by atoms with Crippen LogP contribution in [0.4, 0.5) is 5.69 Å². The third-order valence-corrected chi connectivity index (χ3v) is 2.50. The van der Waals surface area contributed by atoms with Gasteiger partial charge in [-0.15, -0.1) is 0 Å². The molecule has 0 fully saturated rings. The van der Waals surface area contributed by atoms with Gasteiger partial charge in [0.1, 0.15) is 17.5 Å². The molecule has 0 atom stereocenters. The summed E-state index contributed by atoms with van der Waals surface area (Å²) >= 11 is 0. The van der Waals surface area contributed by atoms with Crippen LogP contribution in [0.15, 0.2) is 36.5 Å². The fourth-order valence-electron chi connectivity index (χ4n) is 1.66. The number of nitro benzene ring substituents is 1. The van der Waals surface area contributed by atoms with E-state index in [0.717, 1.165) is 0 Å². The van der Waals surface area contributed by atoms with Crippen molar-refractivity contribution in [3.05, 3.63) is 52.3 Å². The molecular formula is C12H9N3O3. The molecule has 1 aromatic heterocycles. The molecule has 0 radical (unpaired) electrons. The van der Waals surface area contributed by atoms with Crippen LogP contribution in [-0.2, 0) is 0 Å². The standard InChI is InChI=1S/C12H9N3O3/c1-18-12-7-9(15(16)17)4-5-11(12)14-6-2-3-10(14)8-13/h2-7H,1H3. The molecule has 0 spiro atoms. The maximum absolute atomic E-state index is 10.7. The fourth-order valence-corrected chi connectivity index (χ4v) is 1.66.